The van der Waals surface area contributed by atoms with E-state index in [0.717, 1.165) is 7.11 Å². The number of aliphatic hydroxyl groups is 1. The van der Waals surface area contributed by atoms with Gasteiger partial charge >= 0.3 is 5.97 Å². The van der Waals surface area contributed by atoms with Gasteiger partial charge in [-0.25, -0.2) is 13.6 Å². The zero-order chi connectivity index (χ0) is 20.0. The van der Waals surface area contributed by atoms with Crippen LogP contribution in [0.25, 0.3) is 0 Å². The molecule has 2 aromatic rings. The smallest absolute Gasteiger partial charge is 0.338 e. The zero-order valence-electron chi connectivity index (χ0n) is 15.6. The average molecular weight is 378 g/mol. The Morgan fingerprint density at radius 2 is 1.44 bits per heavy atom. The van der Waals surface area contributed by atoms with Gasteiger partial charge in [-0.3, -0.25) is 0 Å². The first-order valence-electron chi connectivity index (χ1n) is 8.73. The van der Waals surface area contributed by atoms with Crippen LogP contribution in [0.2, 0.25) is 0 Å². The van der Waals surface area contributed by atoms with E-state index >= 15 is 0 Å². The fourth-order valence-electron chi connectivity index (χ4n) is 2.86. The molecular weight excluding hydrogens is 354 g/mol. The maximum Gasteiger partial charge on any atom is 0.338 e. The van der Waals surface area contributed by atoms with E-state index in [4.69, 9.17) is 9.47 Å². The molecular formula is C21H24F2O4. The first kappa shape index (κ1) is 21.0. The summed E-state index contributed by atoms with van der Waals surface area (Å²) in [6.07, 6.45) is -1.07. The number of esters is 1. The molecule has 0 aromatic heterocycles. The van der Waals surface area contributed by atoms with Crippen molar-refractivity contribution in [1.82, 2.24) is 0 Å². The Hall–Kier alpha value is -2.31. The van der Waals surface area contributed by atoms with Crippen LogP contribution in [0.3, 0.4) is 0 Å². The van der Waals surface area contributed by atoms with Gasteiger partial charge in [0.05, 0.1) is 7.11 Å². The molecule has 1 N–H and O–H groups in total. The monoisotopic (exact) mass is 378 g/mol. The third-order valence-electron chi connectivity index (χ3n) is 4.38. The van der Waals surface area contributed by atoms with Crippen LogP contribution >= 0.6 is 0 Å². The van der Waals surface area contributed by atoms with E-state index in [-0.39, 0.29) is 6.61 Å². The second-order valence-corrected chi connectivity index (χ2v) is 6.71. The van der Waals surface area contributed by atoms with Gasteiger partial charge in [0.2, 0.25) is 0 Å². The van der Waals surface area contributed by atoms with Gasteiger partial charge < -0.3 is 14.6 Å². The molecule has 146 valence electrons. The lowest BCUT2D eigenvalue weighted by Gasteiger charge is -2.38. The Labute approximate surface area is 157 Å². The average Bonchev–Trinajstić information content (AvgIpc) is 2.65. The highest BCUT2D eigenvalue weighted by molar-refractivity contribution is 5.77. The number of halogens is 2. The topological polar surface area (TPSA) is 55.8 Å². The lowest BCUT2D eigenvalue weighted by atomic mass is 9.81. The van der Waals surface area contributed by atoms with Gasteiger partial charge in [0, 0.05) is 6.61 Å². The van der Waals surface area contributed by atoms with E-state index in [0.29, 0.717) is 23.5 Å². The Bertz CT molecular complexity index is 696. The molecule has 0 heterocycles. The van der Waals surface area contributed by atoms with Crippen LogP contribution in [0.1, 0.15) is 31.4 Å². The minimum atomic E-state index is -1.73. The Balaban J connectivity index is 2.64. The molecule has 0 fully saturated rings. The number of hydrogen-bond donors (Lipinski definition) is 1. The molecule has 0 aliphatic rings. The molecule has 0 saturated carbocycles. The van der Waals surface area contributed by atoms with E-state index in [1.54, 1.807) is 0 Å². The lowest BCUT2D eigenvalue weighted by molar-refractivity contribution is -0.171. The van der Waals surface area contributed by atoms with Gasteiger partial charge in [-0.2, -0.15) is 0 Å². The molecule has 0 saturated heterocycles. The summed E-state index contributed by atoms with van der Waals surface area (Å²) >= 11 is 0. The Morgan fingerprint density at radius 3 is 1.81 bits per heavy atom. The van der Waals surface area contributed by atoms with Gasteiger partial charge in [-0.1, -0.05) is 38.1 Å². The number of aliphatic hydroxyl groups excluding tert-OH is 1. The van der Waals surface area contributed by atoms with Gasteiger partial charge in [-0.15, -0.1) is 0 Å². The number of methoxy groups -OCH3 is 1. The molecule has 2 rings (SSSR count). The molecule has 0 aliphatic heterocycles. The zero-order valence-corrected chi connectivity index (χ0v) is 15.6. The van der Waals surface area contributed by atoms with Crippen molar-refractivity contribution in [3.05, 3.63) is 71.3 Å². The minimum Gasteiger partial charge on any atom is -0.467 e. The van der Waals surface area contributed by atoms with Crippen molar-refractivity contribution in [3.63, 3.8) is 0 Å². The highest BCUT2D eigenvalue weighted by Gasteiger charge is 2.47. The van der Waals surface area contributed by atoms with Crippen LogP contribution in [0.5, 0.6) is 0 Å². The second-order valence-electron chi connectivity index (χ2n) is 6.71. The van der Waals surface area contributed by atoms with Crippen LogP contribution in [0, 0.1) is 17.6 Å². The van der Waals surface area contributed by atoms with Crippen LogP contribution in [-0.4, -0.2) is 30.9 Å². The first-order valence-corrected chi connectivity index (χ1v) is 8.73. The number of ether oxygens (including phenoxy) is 2. The van der Waals surface area contributed by atoms with Crippen LogP contribution in [0.15, 0.2) is 48.5 Å². The van der Waals surface area contributed by atoms with Gasteiger partial charge in [0.25, 0.3) is 0 Å². The minimum absolute atomic E-state index is 0.223. The molecule has 2 aromatic carbocycles. The van der Waals surface area contributed by atoms with Crippen LogP contribution < -0.4 is 0 Å². The third-order valence-corrected chi connectivity index (χ3v) is 4.38. The molecule has 0 spiro atoms. The van der Waals surface area contributed by atoms with Crippen LogP contribution in [0.4, 0.5) is 8.78 Å². The molecule has 6 heteroatoms. The molecule has 1 atom stereocenters. The first-order chi connectivity index (χ1) is 12.8. The molecule has 4 nitrogen and oxygen atoms in total. The predicted octanol–water partition coefficient (Wildman–Crippen LogP) is 3.81. The fraction of sp³-hybridized carbons (Fsp3) is 0.381. The predicted molar refractivity (Wildman–Crippen MR) is 97.0 cm³/mol. The normalized spacial score (nSPS) is 12.9. The van der Waals surface area contributed by atoms with Crippen LogP contribution in [-0.2, 0) is 19.9 Å². The molecule has 0 bridgehead atoms. The van der Waals surface area contributed by atoms with Crippen molar-refractivity contribution in [1.29, 1.82) is 0 Å². The molecule has 0 radical (unpaired) electrons. The standard InChI is InChI=1S/C21H24F2O4/c1-14(2)12-13-27-21(19(24)20(25)26-3,15-4-8-17(22)9-5-15)16-6-10-18(23)11-7-16/h4-11,14,19,24H,12-13H2,1-3H3/t19-/m0/s1. The summed E-state index contributed by atoms with van der Waals surface area (Å²) in [7, 11) is 1.15. The highest BCUT2D eigenvalue weighted by atomic mass is 19.1. The number of rotatable bonds is 8. The fourth-order valence-corrected chi connectivity index (χ4v) is 2.86. The molecule has 0 aliphatic carbocycles. The summed E-state index contributed by atoms with van der Waals surface area (Å²) in [5.74, 6) is -1.53. The summed E-state index contributed by atoms with van der Waals surface area (Å²) in [6, 6.07) is 10.6. The van der Waals surface area contributed by atoms with Gasteiger partial charge in [-0.05, 0) is 47.7 Å². The number of carbonyl (C=O) groups is 1. The van der Waals surface area contributed by atoms with Crippen molar-refractivity contribution in [2.75, 3.05) is 13.7 Å². The quantitative estimate of drug-likeness (QED) is 0.710. The SMILES string of the molecule is COC(=O)[C@H](O)C(OCCC(C)C)(c1ccc(F)cc1)c1ccc(F)cc1. The van der Waals surface area contributed by atoms with Gasteiger partial charge in [0.1, 0.15) is 11.6 Å². The number of hydrogen-bond acceptors (Lipinski definition) is 4. The maximum absolute atomic E-state index is 13.5. The summed E-state index contributed by atoms with van der Waals surface area (Å²) in [6.45, 7) is 4.25. The lowest BCUT2D eigenvalue weighted by Crippen LogP contribution is -2.48. The van der Waals surface area contributed by atoms with Crippen molar-refractivity contribution >= 4 is 5.97 Å². The maximum atomic E-state index is 13.5. The molecule has 27 heavy (non-hydrogen) atoms. The van der Waals surface area contributed by atoms with E-state index in [2.05, 4.69) is 0 Å². The summed E-state index contributed by atoms with van der Waals surface area (Å²) in [5, 5.41) is 10.9. The summed E-state index contributed by atoms with van der Waals surface area (Å²) in [4.78, 5) is 12.2. The van der Waals surface area contributed by atoms with Crippen molar-refractivity contribution in [2.45, 2.75) is 32.0 Å². The van der Waals surface area contributed by atoms with E-state index in [9.17, 15) is 18.7 Å². The van der Waals surface area contributed by atoms with Crippen molar-refractivity contribution in [3.8, 4) is 0 Å². The number of carbonyl (C=O) groups excluding carboxylic acids is 1. The number of benzene rings is 2. The summed E-state index contributed by atoms with van der Waals surface area (Å²) in [5.41, 5.74) is -0.946. The largest absolute Gasteiger partial charge is 0.467 e. The van der Waals surface area contributed by atoms with E-state index in [1.165, 1.54) is 48.5 Å². The highest BCUT2D eigenvalue weighted by Crippen LogP contribution is 2.38. The molecule has 0 amide bonds. The molecule has 0 unspecified atom stereocenters. The third kappa shape index (κ3) is 4.70. The van der Waals surface area contributed by atoms with E-state index in [1.807, 2.05) is 13.8 Å². The van der Waals surface area contributed by atoms with Crippen molar-refractivity contribution < 1.29 is 28.2 Å². The Kier molecular flexibility index (Phi) is 7.05. The van der Waals surface area contributed by atoms with Crippen molar-refractivity contribution in [2.24, 2.45) is 5.92 Å². The van der Waals surface area contributed by atoms with E-state index < -0.39 is 29.3 Å². The van der Waals surface area contributed by atoms with Gasteiger partial charge in [0.15, 0.2) is 11.7 Å². The summed E-state index contributed by atoms with van der Waals surface area (Å²) < 4.78 is 37.7. The second kappa shape index (κ2) is 9.06. The Morgan fingerprint density at radius 1 is 1.00 bits per heavy atom.